The third kappa shape index (κ3) is 16.1. The molecule has 4 aromatic carbocycles. The Balaban J connectivity index is 0.997. The van der Waals surface area contributed by atoms with Crippen LogP contribution in [-0.2, 0) is 12.8 Å². The normalized spacial score (nSPS) is 12.6. The van der Waals surface area contributed by atoms with Gasteiger partial charge < -0.3 is 11.5 Å². The van der Waals surface area contributed by atoms with Gasteiger partial charge >= 0.3 is 0 Å². The quantitative estimate of drug-likeness (QED) is 0.0428. The van der Waals surface area contributed by atoms with Crippen LogP contribution in [-0.4, -0.2) is 0 Å². The number of rotatable bonds is 29. The minimum Gasteiger partial charge on any atom is -0.399 e. The van der Waals surface area contributed by atoms with Gasteiger partial charge in [0, 0.05) is 23.2 Å². The second-order valence-electron chi connectivity index (χ2n) is 17.3. The smallest absolute Gasteiger partial charge is 0.0316 e. The fourth-order valence-corrected chi connectivity index (χ4v) is 8.99. The first-order valence-corrected chi connectivity index (χ1v) is 23.3. The van der Waals surface area contributed by atoms with Crippen LogP contribution >= 0.6 is 0 Å². The summed E-state index contributed by atoms with van der Waals surface area (Å²) >= 11 is 0. The fourth-order valence-electron chi connectivity index (χ4n) is 8.99. The summed E-state index contributed by atoms with van der Waals surface area (Å²) in [5, 5.41) is 0. The Hall–Kier alpha value is -3.52. The molecule has 0 aliphatic heterocycles. The van der Waals surface area contributed by atoms with Gasteiger partial charge in [-0.15, -0.1) is 0 Å². The summed E-state index contributed by atoms with van der Waals surface area (Å²) in [7, 11) is 0. The maximum atomic E-state index is 6.08. The molecule has 0 aromatic heterocycles. The van der Waals surface area contributed by atoms with Crippen LogP contribution in [0.2, 0.25) is 0 Å². The summed E-state index contributed by atoms with van der Waals surface area (Å²) < 4.78 is 0. The standard InChI is InChI=1S/C54H80N2/c1-5-7-21-27-53(51-39-37-49(55)41-43(51)3)47-33-29-45(30-34-47)25-23-19-17-15-13-11-9-10-12-14-16-18-20-24-26-46-31-35-48(36-32-46)54(28-22-8-6-2)52-40-38-50(56)42-44(52)4/h29-42,53-54H,5-28,55-56H2,1-4H3. The molecule has 0 saturated heterocycles. The Morgan fingerprint density at radius 3 is 1.00 bits per heavy atom. The maximum absolute atomic E-state index is 6.08. The molecule has 4 aromatic rings. The maximum Gasteiger partial charge on any atom is 0.0316 e. The van der Waals surface area contributed by atoms with Crippen LogP contribution in [0.1, 0.15) is 211 Å². The molecule has 0 saturated carbocycles. The number of nitrogens with two attached hydrogens (primary N) is 2. The summed E-state index contributed by atoms with van der Waals surface area (Å²) in [6.07, 6.45) is 32.0. The highest BCUT2D eigenvalue weighted by atomic mass is 14.5. The first-order chi connectivity index (χ1) is 27.4. The number of benzene rings is 4. The molecule has 2 unspecified atom stereocenters. The molecule has 0 fully saturated rings. The van der Waals surface area contributed by atoms with Crippen LogP contribution in [0.25, 0.3) is 0 Å². The lowest BCUT2D eigenvalue weighted by Crippen LogP contribution is -2.05. The van der Waals surface area contributed by atoms with Gasteiger partial charge in [0.2, 0.25) is 0 Å². The highest BCUT2D eigenvalue weighted by Gasteiger charge is 2.18. The molecule has 4 rings (SSSR count). The lowest BCUT2D eigenvalue weighted by atomic mass is 9.84. The zero-order chi connectivity index (χ0) is 39.8. The van der Waals surface area contributed by atoms with Gasteiger partial charge in [0.1, 0.15) is 0 Å². The van der Waals surface area contributed by atoms with Gasteiger partial charge in [-0.2, -0.15) is 0 Å². The van der Waals surface area contributed by atoms with Crippen molar-refractivity contribution >= 4 is 11.4 Å². The van der Waals surface area contributed by atoms with E-state index in [4.69, 9.17) is 11.5 Å². The minimum absolute atomic E-state index is 0.465. The lowest BCUT2D eigenvalue weighted by Gasteiger charge is -2.21. The SMILES string of the molecule is CCCCCC(c1ccc(CCCCCCCCCCCCCCCCc2ccc(C(CCCCC)c3ccc(N)cc3C)cc2)cc1)c1ccc(N)cc1C. The van der Waals surface area contributed by atoms with E-state index in [0.717, 1.165) is 11.4 Å². The van der Waals surface area contributed by atoms with Gasteiger partial charge in [-0.05, 0) is 121 Å². The number of unbranched alkanes of at least 4 members (excludes halogenated alkanes) is 17. The molecule has 4 N–H and O–H groups in total. The number of hydrogen-bond donors (Lipinski definition) is 2. The topological polar surface area (TPSA) is 52.0 Å². The molecule has 0 radical (unpaired) electrons. The van der Waals surface area contributed by atoms with Crippen molar-refractivity contribution in [1.29, 1.82) is 0 Å². The number of anilines is 2. The van der Waals surface area contributed by atoms with Gasteiger partial charge in [0.05, 0.1) is 0 Å². The second-order valence-corrected chi connectivity index (χ2v) is 17.3. The van der Waals surface area contributed by atoms with Crippen molar-refractivity contribution in [2.75, 3.05) is 11.5 Å². The molecule has 306 valence electrons. The molecule has 56 heavy (non-hydrogen) atoms. The molecule has 0 amide bonds. The van der Waals surface area contributed by atoms with E-state index in [2.05, 4.69) is 113 Å². The third-order valence-corrected chi connectivity index (χ3v) is 12.5. The van der Waals surface area contributed by atoms with E-state index >= 15 is 0 Å². The zero-order valence-electron chi connectivity index (χ0n) is 36.4. The average molecular weight is 757 g/mol. The van der Waals surface area contributed by atoms with E-state index in [1.165, 1.54) is 199 Å². The first-order valence-electron chi connectivity index (χ1n) is 23.3. The van der Waals surface area contributed by atoms with E-state index in [0.29, 0.717) is 11.8 Å². The third-order valence-electron chi connectivity index (χ3n) is 12.5. The van der Waals surface area contributed by atoms with Crippen LogP contribution in [0, 0.1) is 13.8 Å². The molecule has 0 aliphatic rings. The summed E-state index contributed by atoms with van der Waals surface area (Å²) in [5.41, 5.74) is 25.3. The van der Waals surface area contributed by atoms with E-state index in [9.17, 15) is 0 Å². The Kier molecular flexibility index (Phi) is 21.3. The Bertz CT molecular complexity index is 1490. The fraction of sp³-hybridized carbons (Fsp3) is 0.556. The highest BCUT2D eigenvalue weighted by Crippen LogP contribution is 2.35. The molecule has 0 aliphatic carbocycles. The number of nitrogen functional groups attached to an aromatic ring is 2. The average Bonchev–Trinajstić information content (AvgIpc) is 3.19. The molecular weight excluding hydrogens is 677 g/mol. The van der Waals surface area contributed by atoms with Crippen molar-refractivity contribution in [3.63, 3.8) is 0 Å². The van der Waals surface area contributed by atoms with Gasteiger partial charge in [0.25, 0.3) is 0 Å². The Morgan fingerprint density at radius 1 is 0.375 bits per heavy atom. The van der Waals surface area contributed by atoms with Gasteiger partial charge in [-0.1, -0.05) is 190 Å². The Labute approximate surface area is 344 Å². The second kappa shape index (κ2) is 26.4. The Morgan fingerprint density at radius 2 is 0.696 bits per heavy atom. The predicted octanol–water partition coefficient (Wildman–Crippen LogP) is 16.1. The van der Waals surface area contributed by atoms with Crippen LogP contribution in [0.4, 0.5) is 11.4 Å². The first kappa shape index (κ1) is 45.2. The van der Waals surface area contributed by atoms with Crippen molar-refractivity contribution in [2.45, 2.75) is 194 Å². The van der Waals surface area contributed by atoms with E-state index in [1.807, 2.05) is 0 Å². The lowest BCUT2D eigenvalue weighted by molar-refractivity contribution is 0.533. The van der Waals surface area contributed by atoms with Crippen molar-refractivity contribution in [3.8, 4) is 0 Å². The van der Waals surface area contributed by atoms with Gasteiger partial charge in [-0.3, -0.25) is 0 Å². The molecule has 0 spiro atoms. The summed E-state index contributed by atoms with van der Waals surface area (Å²) in [6.45, 7) is 9.01. The largest absolute Gasteiger partial charge is 0.399 e. The molecule has 0 heterocycles. The molecule has 2 heteroatoms. The molecule has 0 bridgehead atoms. The van der Waals surface area contributed by atoms with Crippen LogP contribution in [0.3, 0.4) is 0 Å². The van der Waals surface area contributed by atoms with E-state index in [1.54, 1.807) is 0 Å². The van der Waals surface area contributed by atoms with Gasteiger partial charge in [-0.25, -0.2) is 0 Å². The van der Waals surface area contributed by atoms with Crippen LogP contribution in [0.15, 0.2) is 84.9 Å². The summed E-state index contributed by atoms with van der Waals surface area (Å²) in [4.78, 5) is 0. The van der Waals surface area contributed by atoms with E-state index < -0.39 is 0 Å². The van der Waals surface area contributed by atoms with E-state index in [-0.39, 0.29) is 0 Å². The molecular formula is C54H80N2. The molecule has 2 atom stereocenters. The minimum atomic E-state index is 0.465. The number of aryl methyl sites for hydroxylation is 4. The molecule has 2 nitrogen and oxygen atoms in total. The number of hydrogen-bond acceptors (Lipinski definition) is 2. The summed E-state index contributed by atoms with van der Waals surface area (Å²) in [6, 6.07) is 32.1. The summed E-state index contributed by atoms with van der Waals surface area (Å²) in [5.74, 6) is 0.930. The van der Waals surface area contributed by atoms with Crippen molar-refractivity contribution < 1.29 is 0 Å². The monoisotopic (exact) mass is 757 g/mol. The van der Waals surface area contributed by atoms with Crippen molar-refractivity contribution in [2.24, 2.45) is 0 Å². The van der Waals surface area contributed by atoms with Gasteiger partial charge in [0.15, 0.2) is 0 Å². The zero-order valence-corrected chi connectivity index (χ0v) is 36.4. The van der Waals surface area contributed by atoms with Crippen LogP contribution < -0.4 is 11.5 Å². The predicted molar refractivity (Wildman–Crippen MR) is 248 cm³/mol. The van der Waals surface area contributed by atoms with Crippen molar-refractivity contribution in [3.05, 3.63) is 129 Å². The van der Waals surface area contributed by atoms with Crippen molar-refractivity contribution in [1.82, 2.24) is 0 Å². The highest BCUT2D eigenvalue weighted by molar-refractivity contribution is 5.49. The van der Waals surface area contributed by atoms with Crippen LogP contribution in [0.5, 0.6) is 0 Å².